The first-order valence-corrected chi connectivity index (χ1v) is 12.1. The first kappa shape index (κ1) is 25.1. The van der Waals surface area contributed by atoms with Gasteiger partial charge in [-0.25, -0.2) is 9.59 Å². The minimum Gasteiger partial charge on any atom is -0.458 e. The fraction of sp³-hybridized carbons (Fsp3) is 0.440. The summed E-state index contributed by atoms with van der Waals surface area (Å²) < 4.78 is 11.0. The Morgan fingerprint density at radius 3 is 2.15 bits per heavy atom. The van der Waals surface area contributed by atoms with Gasteiger partial charge >= 0.3 is 12.1 Å². The van der Waals surface area contributed by atoms with Crippen LogP contribution in [0.4, 0.5) is 4.79 Å². The molecule has 1 aliphatic carbocycles. The summed E-state index contributed by atoms with van der Waals surface area (Å²) in [5, 5.41) is 21.1. The van der Waals surface area contributed by atoms with Crippen LogP contribution in [-0.2, 0) is 14.3 Å². The van der Waals surface area contributed by atoms with Crippen molar-refractivity contribution in [1.82, 2.24) is 5.32 Å². The number of rotatable bonds is 9. The number of carbonyl (C=O) groups is 2. The topological polar surface area (TPSA) is 105 Å². The molecule has 178 valence electrons. The largest absolute Gasteiger partial charge is 0.458 e. The van der Waals surface area contributed by atoms with Crippen molar-refractivity contribution in [2.45, 2.75) is 44.4 Å². The third-order valence-corrected chi connectivity index (χ3v) is 6.32. The number of hydrogen-bond acceptors (Lipinski definition) is 7. The normalized spacial score (nSPS) is 14.7. The van der Waals surface area contributed by atoms with Crippen molar-refractivity contribution in [3.8, 4) is 11.1 Å². The fourth-order valence-corrected chi connectivity index (χ4v) is 4.67. The highest BCUT2D eigenvalue weighted by Crippen LogP contribution is 2.44. The van der Waals surface area contributed by atoms with Crippen LogP contribution in [0.1, 0.15) is 37.8 Å². The molecule has 8 heteroatoms. The fourth-order valence-electron chi connectivity index (χ4n) is 3.70. The monoisotopic (exact) mass is 473 g/mol. The number of esters is 1. The molecule has 1 amide bonds. The maximum atomic E-state index is 12.6. The molecule has 0 aliphatic heterocycles. The minimum absolute atomic E-state index is 0.0859. The van der Waals surface area contributed by atoms with Gasteiger partial charge in [0.1, 0.15) is 18.2 Å². The van der Waals surface area contributed by atoms with Gasteiger partial charge in [-0.1, -0.05) is 48.5 Å². The lowest BCUT2D eigenvalue weighted by atomic mass is 9.98. The van der Waals surface area contributed by atoms with Gasteiger partial charge in [0.15, 0.2) is 0 Å². The molecule has 0 fully saturated rings. The number of alkyl carbamates (subject to hydrolysis) is 1. The number of thioether (sulfide) groups is 1. The molecule has 3 rings (SSSR count). The lowest BCUT2D eigenvalue weighted by Crippen LogP contribution is -2.46. The number of amides is 1. The van der Waals surface area contributed by atoms with E-state index >= 15 is 0 Å². The molecule has 2 atom stereocenters. The molecule has 0 saturated heterocycles. The van der Waals surface area contributed by atoms with Gasteiger partial charge in [-0.2, -0.15) is 11.8 Å². The maximum absolute atomic E-state index is 12.6. The zero-order chi connectivity index (χ0) is 24.0. The highest BCUT2D eigenvalue weighted by Gasteiger charge is 2.31. The first-order chi connectivity index (χ1) is 15.7. The van der Waals surface area contributed by atoms with E-state index in [-0.39, 0.29) is 30.6 Å². The molecule has 0 spiro atoms. The summed E-state index contributed by atoms with van der Waals surface area (Å²) in [4.78, 5) is 25.2. The van der Waals surface area contributed by atoms with Crippen molar-refractivity contribution < 1.29 is 29.3 Å². The molecular weight excluding hydrogens is 442 g/mol. The van der Waals surface area contributed by atoms with Crippen LogP contribution in [-0.4, -0.2) is 64.7 Å². The number of aliphatic hydroxyl groups excluding tert-OH is 2. The Kier molecular flexibility index (Phi) is 8.40. The van der Waals surface area contributed by atoms with E-state index in [1.54, 1.807) is 20.8 Å². The van der Waals surface area contributed by atoms with Crippen LogP contribution in [0.3, 0.4) is 0 Å². The molecule has 0 heterocycles. The quantitative estimate of drug-likeness (QED) is 0.480. The zero-order valence-corrected chi connectivity index (χ0v) is 19.9. The van der Waals surface area contributed by atoms with E-state index in [1.807, 2.05) is 36.4 Å². The van der Waals surface area contributed by atoms with Crippen molar-refractivity contribution in [3.63, 3.8) is 0 Å². The van der Waals surface area contributed by atoms with Crippen LogP contribution in [0.5, 0.6) is 0 Å². The van der Waals surface area contributed by atoms with Gasteiger partial charge in [-0.3, -0.25) is 0 Å². The second kappa shape index (κ2) is 11.0. The first-order valence-electron chi connectivity index (χ1n) is 10.9. The van der Waals surface area contributed by atoms with Gasteiger partial charge in [-0.05, 0) is 43.0 Å². The Hall–Kier alpha value is -2.55. The van der Waals surface area contributed by atoms with Gasteiger partial charge < -0.3 is 25.0 Å². The molecule has 1 unspecified atom stereocenters. The molecule has 2 aromatic rings. The van der Waals surface area contributed by atoms with Crippen LogP contribution >= 0.6 is 11.8 Å². The smallest absolute Gasteiger partial charge is 0.407 e. The van der Waals surface area contributed by atoms with Crippen LogP contribution in [0.2, 0.25) is 0 Å². The number of aliphatic hydroxyl groups is 2. The molecule has 33 heavy (non-hydrogen) atoms. The van der Waals surface area contributed by atoms with Gasteiger partial charge in [-0.15, -0.1) is 0 Å². The number of benzene rings is 2. The third-order valence-electron chi connectivity index (χ3n) is 5.13. The summed E-state index contributed by atoms with van der Waals surface area (Å²) in [6.07, 6.45) is -1.61. The van der Waals surface area contributed by atoms with Crippen LogP contribution in [0, 0.1) is 0 Å². The number of nitrogens with one attached hydrogen (secondary N) is 1. The standard InChI is InChI=1S/C25H31NO6S/c1-25(2,3)32-23(29)22(15-33-14-16(28)12-27)26-24(30)31-13-21-19-10-6-4-8-17(19)18-9-5-7-11-20(18)21/h4-11,16,21-22,27-28H,12-15H2,1-3H3,(H,26,30)/t16-,22?/m1/s1. The predicted octanol–water partition coefficient (Wildman–Crippen LogP) is 3.32. The van der Waals surface area contributed by atoms with Crippen molar-refractivity contribution in [1.29, 1.82) is 0 Å². The average Bonchev–Trinajstić information content (AvgIpc) is 3.09. The summed E-state index contributed by atoms with van der Waals surface area (Å²) in [6, 6.07) is 15.2. The van der Waals surface area contributed by atoms with E-state index in [0.717, 1.165) is 22.3 Å². The van der Waals surface area contributed by atoms with E-state index < -0.39 is 29.8 Å². The summed E-state index contributed by atoms with van der Waals surface area (Å²) in [7, 11) is 0. The highest BCUT2D eigenvalue weighted by molar-refractivity contribution is 7.99. The van der Waals surface area contributed by atoms with E-state index in [2.05, 4.69) is 17.4 Å². The summed E-state index contributed by atoms with van der Waals surface area (Å²) in [5.41, 5.74) is 3.75. The Morgan fingerprint density at radius 1 is 1.03 bits per heavy atom. The second-order valence-electron chi connectivity index (χ2n) is 8.93. The Labute approximate surface area is 198 Å². The predicted molar refractivity (Wildman–Crippen MR) is 128 cm³/mol. The zero-order valence-electron chi connectivity index (χ0n) is 19.1. The molecule has 2 aromatic carbocycles. The van der Waals surface area contributed by atoms with Crippen LogP contribution < -0.4 is 5.32 Å². The Balaban J connectivity index is 1.64. The lowest BCUT2D eigenvalue weighted by Gasteiger charge is -2.24. The van der Waals surface area contributed by atoms with Crippen LogP contribution in [0.25, 0.3) is 11.1 Å². The molecule has 3 N–H and O–H groups in total. The van der Waals surface area contributed by atoms with Crippen LogP contribution in [0.15, 0.2) is 48.5 Å². The summed E-state index contributed by atoms with van der Waals surface area (Å²) >= 11 is 1.23. The van der Waals surface area contributed by atoms with Gasteiger partial charge in [0.2, 0.25) is 0 Å². The molecule has 0 radical (unpaired) electrons. The van der Waals surface area contributed by atoms with E-state index in [0.29, 0.717) is 0 Å². The van der Waals surface area contributed by atoms with Crippen molar-refractivity contribution in [2.75, 3.05) is 24.7 Å². The van der Waals surface area contributed by atoms with Crippen molar-refractivity contribution >= 4 is 23.8 Å². The number of ether oxygens (including phenoxy) is 2. The summed E-state index contributed by atoms with van der Waals surface area (Å²) in [5.74, 6) is -0.266. The van der Waals surface area contributed by atoms with Gasteiger partial charge in [0.05, 0.1) is 12.7 Å². The third kappa shape index (κ3) is 6.72. The van der Waals surface area contributed by atoms with E-state index in [4.69, 9.17) is 14.6 Å². The molecule has 7 nitrogen and oxygen atoms in total. The molecular formula is C25H31NO6S. The SMILES string of the molecule is CC(C)(C)OC(=O)C(CSC[C@H](O)CO)NC(=O)OCC1c2ccccc2-c2ccccc21. The molecule has 0 aromatic heterocycles. The Morgan fingerprint density at radius 2 is 1.61 bits per heavy atom. The second-order valence-corrected chi connectivity index (χ2v) is 10.0. The number of hydrogen-bond donors (Lipinski definition) is 3. The average molecular weight is 474 g/mol. The van der Waals surface area contributed by atoms with Crippen molar-refractivity contribution in [2.24, 2.45) is 0 Å². The number of carbonyl (C=O) groups excluding carboxylic acids is 2. The Bertz CT molecular complexity index is 928. The lowest BCUT2D eigenvalue weighted by molar-refractivity contribution is -0.156. The molecule has 1 aliphatic rings. The minimum atomic E-state index is -0.948. The summed E-state index contributed by atoms with van der Waals surface area (Å²) in [6.45, 7) is 5.01. The van der Waals surface area contributed by atoms with Gasteiger partial charge in [0, 0.05) is 17.4 Å². The maximum Gasteiger partial charge on any atom is 0.407 e. The van der Waals surface area contributed by atoms with E-state index in [9.17, 15) is 14.7 Å². The van der Waals surface area contributed by atoms with Gasteiger partial charge in [0.25, 0.3) is 0 Å². The van der Waals surface area contributed by atoms with E-state index in [1.165, 1.54) is 11.8 Å². The molecule has 0 saturated carbocycles. The number of fused-ring (bicyclic) bond motifs is 3. The van der Waals surface area contributed by atoms with Crippen molar-refractivity contribution in [3.05, 3.63) is 59.7 Å². The molecule has 0 bridgehead atoms. The highest BCUT2D eigenvalue weighted by atomic mass is 32.2.